The smallest absolute Gasteiger partial charge is 0.0246 e. The third kappa shape index (κ3) is 3.46. The summed E-state index contributed by atoms with van der Waals surface area (Å²) in [5.74, 6) is 1.02. The van der Waals surface area contributed by atoms with Crippen molar-refractivity contribution in [2.45, 2.75) is 64.0 Å². The van der Waals surface area contributed by atoms with Gasteiger partial charge in [0, 0.05) is 18.6 Å². The van der Waals surface area contributed by atoms with E-state index < -0.39 is 0 Å². The second-order valence-electron chi connectivity index (χ2n) is 5.75. The lowest BCUT2D eigenvalue weighted by Gasteiger charge is -2.34. The van der Waals surface area contributed by atoms with E-state index in [1.807, 2.05) is 0 Å². The number of hydrogen-bond donors (Lipinski definition) is 1. The summed E-state index contributed by atoms with van der Waals surface area (Å²) < 4.78 is 0. The Morgan fingerprint density at radius 1 is 1.06 bits per heavy atom. The van der Waals surface area contributed by atoms with Gasteiger partial charge >= 0.3 is 0 Å². The van der Waals surface area contributed by atoms with Gasteiger partial charge in [0.25, 0.3) is 0 Å². The van der Waals surface area contributed by atoms with Crippen molar-refractivity contribution in [1.82, 2.24) is 10.2 Å². The van der Waals surface area contributed by atoms with Crippen molar-refractivity contribution in [3.05, 3.63) is 0 Å². The van der Waals surface area contributed by atoms with E-state index in [-0.39, 0.29) is 0 Å². The van der Waals surface area contributed by atoms with E-state index in [0.717, 1.165) is 24.5 Å². The third-order valence-corrected chi connectivity index (χ3v) is 4.26. The number of nitrogens with zero attached hydrogens (tertiary/aromatic N) is 1. The van der Waals surface area contributed by atoms with E-state index in [9.17, 15) is 0 Å². The molecule has 0 aliphatic heterocycles. The topological polar surface area (TPSA) is 15.3 Å². The van der Waals surface area contributed by atoms with Gasteiger partial charge in [-0.1, -0.05) is 26.2 Å². The van der Waals surface area contributed by atoms with Gasteiger partial charge in [-0.2, -0.15) is 0 Å². The molecule has 2 unspecified atom stereocenters. The second kappa shape index (κ2) is 6.02. The first-order chi connectivity index (χ1) is 7.81. The molecule has 1 N–H and O–H groups in total. The van der Waals surface area contributed by atoms with Crippen molar-refractivity contribution in [1.29, 1.82) is 0 Å². The highest BCUT2D eigenvalue weighted by Gasteiger charge is 2.30. The molecule has 2 heteroatoms. The van der Waals surface area contributed by atoms with Crippen LogP contribution in [0.1, 0.15) is 51.9 Å². The lowest BCUT2D eigenvalue weighted by Crippen LogP contribution is -2.48. The largest absolute Gasteiger partial charge is 0.313 e. The van der Waals surface area contributed by atoms with Gasteiger partial charge in [-0.25, -0.2) is 0 Å². The van der Waals surface area contributed by atoms with Gasteiger partial charge in [0.15, 0.2) is 0 Å². The van der Waals surface area contributed by atoms with Crippen LogP contribution in [0, 0.1) is 5.92 Å². The van der Waals surface area contributed by atoms with Crippen molar-refractivity contribution >= 4 is 0 Å². The van der Waals surface area contributed by atoms with Crippen LogP contribution in [-0.2, 0) is 0 Å². The van der Waals surface area contributed by atoms with Crippen LogP contribution in [0.4, 0.5) is 0 Å². The predicted octanol–water partition coefficient (Wildman–Crippen LogP) is 2.64. The van der Waals surface area contributed by atoms with E-state index in [1.54, 1.807) is 0 Å². The molecule has 0 radical (unpaired) electrons. The molecular weight excluding hydrogens is 196 g/mol. The average molecular weight is 224 g/mol. The molecule has 94 valence electrons. The minimum Gasteiger partial charge on any atom is -0.313 e. The maximum Gasteiger partial charge on any atom is 0.0246 e. The van der Waals surface area contributed by atoms with E-state index in [0.29, 0.717) is 0 Å². The maximum absolute atomic E-state index is 3.71. The average Bonchev–Trinajstić information content (AvgIpc) is 3.05. The molecule has 0 amide bonds. The Kier molecular flexibility index (Phi) is 4.66. The van der Waals surface area contributed by atoms with Crippen LogP contribution in [0.15, 0.2) is 0 Å². The fourth-order valence-corrected chi connectivity index (χ4v) is 3.16. The summed E-state index contributed by atoms with van der Waals surface area (Å²) in [4.78, 5) is 2.65. The quantitative estimate of drug-likeness (QED) is 0.722. The summed E-state index contributed by atoms with van der Waals surface area (Å²) in [6, 6.07) is 1.54. The van der Waals surface area contributed by atoms with Crippen LogP contribution in [-0.4, -0.2) is 37.1 Å². The predicted molar refractivity (Wildman–Crippen MR) is 69.7 cm³/mol. The highest BCUT2D eigenvalue weighted by Crippen LogP contribution is 2.31. The summed E-state index contributed by atoms with van der Waals surface area (Å²) in [5, 5.41) is 3.71. The molecule has 0 aromatic heterocycles. The Hall–Kier alpha value is -0.0800. The number of likely N-dealkylation sites (N-methyl/N-ethyl adjacent to an activating group) is 2. The highest BCUT2D eigenvalue weighted by molar-refractivity contribution is 4.88. The SMILES string of the molecule is CCNC1CCCCCC1N(C)CC1CC1. The van der Waals surface area contributed by atoms with Crippen molar-refractivity contribution < 1.29 is 0 Å². The lowest BCUT2D eigenvalue weighted by atomic mass is 10.0. The summed E-state index contributed by atoms with van der Waals surface area (Å²) in [7, 11) is 2.35. The number of hydrogen-bond acceptors (Lipinski definition) is 2. The minimum absolute atomic E-state index is 0.747. The third-order valence-electron chi connectivity index (χ3n) is 4.26. The molecule has 2 aliphatic rings. The molecule has 2 fully saturated rings. The van der Waals surface area contributed by atoms with Crippen LogP contribution in [0.3, 0.4) is 0 Å². The van der Waals surface area contributed by atoms with Gasteiger partial charge in [0.2, 0.25) is 0 Å². The fourth-order valence-electron chi connectivity index (χ4n) is 3.16. The standard InChI is InChI=1S/C14H28N2/c1-3-15-13-7-5-4-6-8-14(13)16(2)11-12-9-10-12/h12-15H,3-11H2,1-2H3. The van der Waals surface area contributed by atoms with Crippen LogP contribution in [0.2, 0.25) is 0 Å². The van der Waals surface area contributed by atoms with E-state index in [4.69, 9.17) is 0 Å². The molecule has 0 heterocycles. The second-order valence-corrected chi connectivity index (χ2v) is 5.75. The van der Waals surface area contributed by atoms with Gasteiger partial charge in [0.1, 0.15) is 0 Å². The summed E-state index contributed by atoms with van der Waals surface area (Å²) in [6.45, 7) is 4.70. The zero-order valence-electron chi connectivity index (χ0n) is 11.0. The molecule has 2 aliphatic carbocycles. The van der Waals surface area contributed by atoms with Gasteiger partial charge in [-0.05, 0) is 45.2 Å². The number of rotatable bonds is 5. The monoisotopic (exact) mass is 224 g/mol. The molecule has 0 aromatic carbocycles. The minimum atomic E-state index is 0.747. The van der Waals surface area contributed by atoms with Crippen molar-refractivity contribution in [3.8, 4) is 0 Å². The van der Waals surface area contributed by atoms with Crippen LogP contribution in [0.25, 0.3) is 0 Å². The first kappa shape index (κ1) is 12.4. The zero-order chi connectivity index (χ0) is 11.4. The normalized spacial score (nSPS) is 31.7. The molecule has 2 saturated carbocycles. The summed E-state index contributed by atoms with van der Waals surface area (Å²) >= 11 is 0. The Morgan fingerprint density at radius 2 is 1.81 bits per heavy atom. The van der Waals surface area contributed by atoms with Crippen LogP contribution in [0.5, 0.6) is 0 Å². The lowest BCUT2D eigenvalue weighted by molar-refractivity contribution is 0.176. The van der Waals surface area contributed by atoms with E-state index >= 15 is 0 Å². The molecule has 0 bridgehead atoms. The van der Waals surface area contributed by atoms with E-state index in [1.165, 1.54) is 51.5 Å². The molecule has 0 spiro atoms. The molecule has 2 nitrogen and oxygen atoms in total. The molecule has 0 aromatic rings. The first-order valence-corrected chi connectivity index (χ1v) is 7.25. The van der Waals surface area contributed by atoms with Gasteiger partial charge < -0.3 is 10.2 Å². The fraction of sp³-hybridized carbons (Fsp3) is 1.00. The van der Waals surface area contributed by atoms with Gasteiger partial charge in [0.05, 0.1) is 0 Å². The molecule has 2 rings (SSSR count). The van der Waals surface area contributed by atoms with Crippen molar-refractivity contribution in [2.24, 2.45) is 5.92 Å². The molecule has 0 saturated heterocycles. The molecular formula is C14H28N2. The zero-order valence-corrected chi connectivity index (χ0v) is 11.0. The number of nitrogens with one attached hydrogen (secondary N) is 1. The Labute approximate surface area is 101 Å². The Balaban J connectivity index is 1.88. The van der Waals surface area contributed by atoms with Crippen LogP contribution < -0.4 is 5.32 Å². The van der Waals surface area contributed by atoms with Crippen molar-refractivity contribution in [3.63, 3.8) is 0 Å². The van der Waals surface area contributed by atoms with Gasteiger partial charge in [-0.3, -0.25) is 0 Å². The Morgan fingerprint density at radius 3 is 2.50 bits per heavy atom. The first-order valence-electron chi connectivity index (χ1n) is 7.25. The van der Waals surface area contributed by atoms with Gasteiger partial charge in [-0.15, -0.1) is 0 Å². The van der Waals surface area contributed by atoms with Crippen molar-refractivity contribution in [2.75, 3.05) is 20.1 Å². The molecule has 2 atom stereocenters. The summed E-state index contributed by atoms with van der Waals surface area (Å²) in [6.07, 6.45) is 10.0. The molecule has 16 heavy (non-hydrogen) atoms. The summed E-state index contributed by atoms with van der Waals surface area (Å²) in [5.41, 5.74) is 0. The highest BCUT2D eigenvalue weighted by atomic mass is 15.2. The van der Waals surface area contributed by atoms with E-state index in [2.05, 4.69) is 24.2 Å². The Bertz CT molecular complexity index is 201. The van der Waals surface area contributed by atoms with Crippen LogP contribution >= 0.6 is 0 Å². The maximum atomic E-state index is 3.71.